The highest BCUT2D eigenvalue weighted by Gasteiger charge is 2.22. The zero-order valence-corrected chi connectivity index (χ0v) is 16.6. The third-order valence-corrected chi connectivity index (χ3v) is 6.17. The summed E-state index contributed by atoms with van der Waals surface area (Å²) in [6, 6.07) is 14.6. The topological polar surface area (TPSA) is 102 Å². The molecule has 2 aromatic rings. The van der Waals surface area contributed by atoms with Crippen molar-refractivity contribution >= 4 is 21.6 Å². The van der Waals surface area contributed by atoms with E-state index >= 15 is 0 Å². The van der Waals surface area contributed by atoms with Crippen LogP contribution in [-0.4, -0.2) is 31.7 Å². The molecule has 0 saturated heterocycles. The smallest absolute Gasteiger partial charge is 0.269 e. The molecule has 0 unspecified atom stereocenters. The predicted octanol–water partition coefficient (Wildman–Crippen LogP) is 2.49. The Hall–Kier alpha value is -3.15. The molecule has 2 rings (SSSR count). The van der Waals surface area contributed by atoms with Crippen LogP contribution in [0.3, 0.4) is 0 Å². The maximum Gasteiger partial charge on any atom is 0.269 e. The number of rotatable bonds is 8. The summed E-state index contributed by atoms with van der Waals surface area (Å²) < 4.78 is 26.6. The lowest BCUT2D eigenvalue weighted by atomic mass is 10.1. The van der Waals surface area contributed by atoms with Gasteiger partial charge in [-0.05, 0) is 35.9 Å². The van der Waals surface area contributed by atoms with Crippen molar-refractivity contribution in [2.45, 2.75) is 18.7 Å². The summed E-state index contributed by atoms with van der Waals surface area (Å²) in [4.78, 5) is 12.5. The standard InChI is InChI=1S/C20H22N4O3S/c1-4-24(5-2)28(26,27)19-8-6-7-18(13-19)20(25)23-22-15(3)17-11-9-16(14-21)10-12-17/h6-13,22H,3-5H2,1-2H3,(H,23,25). The van der Waals surface area contributed by atoms with Gasteiger partial charge in [-0.1, -0.05) is 38.6 Å². The molecule has 28 heavy (non-hydrogen) atoms. The lowest BCUT2D eigenvalue weighted by Crippen LogP contribution is -2.36. The minimum Gasteiger partial charge on any atom is -0.298 e. The number of amides is 1. The average Bonchev–Trinajstić information content (AvgIpc) is 2.72. The number of hydrogen-bond acceptors (Lipinski definition) is 5. The Morgan fingerprint density at radius 2 is 1.71 bits per heavy atom. The highest BCUT2D eigenvalue weighted by Crippen LogP contribution is 2.17. The van der Waals surface area contributed by atoms with Gasteiger partial charge in [-0.3, -0.25) is 15.6 Å². The summed E-state index contributed by atoms with van der Waals surface area (Å²) in [5.41, 5.74) is 7.06. The van der Waals surface area contributed by atoms with E-state index in [1.165, 1.54) is 28.6 Å². The molecule has 0 fully saturated rings. The zero-order valence-electron chi connectivity index (χ0n) is 15.8. The summed E-state index contributed by atoms with van der Waals surface area (Å²) in [6.07, 6.45) is 0. The van der Waals surface area contributed by atoms with Crippen molar-refractivity contribution < 1.29 is 13.2 Å². The Balaban J connectivity index is 2.10. The van der Waals surface area contributed by atoms with Crippen LogP contribution < -0.4 is 10.9 Å². The first kappa shape index (κ1) is 21.2. The van der Waals surface area contributed by atoms with E-state index in [1.54, 1.807) is 38.1 Å². The fourth-order valence-electron chi connectivity index (χ4n) is 2.53. The van der Waals surface area contributed by atoms with Gasteiger partial charge >= 0.3 is 0 Å². The number of sulfonamides is 1. The molecule has 0 heterocycles. The van der Waals surface area contributed by atoms with Gasteiger partial charge in [0, 0.05) is 18.7 Å². The average molecular weight is 398 g/mol. The van der Waals surface area contributed by atoms with Crippen LogP contribution in [-0.2, 0) is 10.0 Å². The van der Waals surface area contributed by atoms with Gasteiger partial charge < -0.3 is 0 Å². The van der Waals surface area contributed by atoms with Crippen LogP contribution in [0.25, 0.3) is 5.70 Å². The second-order valence-electron chi connectivity index (χ2n) is 5.86. The summed E-state index contributed by atoms with van der Waals surface area (Å²) in [6.45, 7) is 8.05. The maximum absolute atomic E-state index is 12.6. The van der Waals surface area contributed by atoms with Crippen molar-refractivity contribution in [3.05, 3.63) is 71.8 Å². The van der Waals surface area contributed by atoms with E-state index in [0.717, 1.165) is 0 Å². The van der Waals surface area contributed by atoms with Crippen molar-refractivity contribution in [3.8, 4) is 6.07 Å². The van der Waals surface area contributed by atoms with Crippen LogP contribution in [0.5, 0.6) is 0 Å². The van der Waals surface area contributed by atoms with Crippen LogP contribution >= 0.6 is 0 Å². The van der Waals surface area contributed by atoms with Gasteiger partial charge in [0.25, 0.3) is 5.91 Å². The molecule has 0 aliphatic heterocycles. The molecule has 0 aliphatic rings. The van der Waals surface area contributed by atoms with Crippen LogP contribution in [0, 0.1) is 11.3 Å². The molecule has 2 N–H and O–H groups in total. The molecule has 0 bridgehead atoms. The lowest BCUT2D eigenvalue weighted by Gasteiger charge is -2.18. The number of carbonyl (C=O) groups is 1. The van der Waals surface area contributed by atoms with Gasteiger partial charge in [0.15, 0.2) is 0 Å². The summed E-state index contributed by atoms with van der Waals surface area (Å²) >= 11 is 0. The SMILES string of the molecule is C=C(NNC(=O)c1cccc(S(=O)(=O)N(CC)CC)c1)c1ccc(C#N)cc1. The van der Waals surface area contributed by atoms with Crippen molar-refractivity contribution in [1.29, 1.82) is 5.26 Å². The molecule has 146 valence electrons. The molecule has 2 aromatic carbocycles. The zero-order chi connectivity index (χ0) is 20.7. The molecule has 0 aliphatic carbocycles. The Bertz CT molecular complexity index is 1000. The summed E-state index contributed by atoms with van der Waals surface area (Å²) in [7, 11) is -3.65. The van der Waals surface area contributed by atoms with Crippen molar-refractivity contribution in [2.24, 2.45) is 0 Å². The molecular weight excluding hydrogens is 376 g/mol. The Morgan fingerprint density at radius 1 is 1.07 bits per heavy atom. The van der Waals surface area contributed by atoms with E-state index in [-0.39, 0.29) is 10.5 Å². The number of carbonyl (C=O) groups excluding carboxylic acids is 1. The van der Waals surface area contributed by atoms with Gasteiger partial charge in [0.1, 0.15) is 0 Å². The first-order valence-corrected chi connectivity index (χ1v) is 10.1. The molecule has 7 nitrogen and oxygen atoms in total. The molecule has 0 aromatic heterocycles. The van der Waals surface area contributed by atoms with Crippen molar-refractivity contribution in [2.75, 3.05) is 13.1 Å². The van der Waals surface area contributed by atoms with E-state index in [9.17, 15) is 13.2 Å². The molecular formula is C20H22N4O3S. The largest absolute Gasteiger partial charge is 0.298 e. The molecule has 0 radical (unpaired) electrons. The van der Waals surface area contributed by atoms with Crippen LogP contribution in [0.4, 0.5) is 0 Å². The second-order valence-corrected chi connectivity index (χ2v) is 7.80. The molecule has 0 atom stereocenters. The normalized spacial score (nSPS) is 10.9. The maximum atomic E-state index is 12.6. The molecule has 1 amide bonds. The number of nitriles is 1. The molecule has 0 spiro atoms. The van der Waals surface area contributed by atoms with Crippen molar-refractivity contribution in [3.63, 3.8) is 0 Å². The van der Waals surface area contributed by atoms with E-state index in [1.807, 2.05) is 6.07 Å². The first-order valence-electron chi connectivity index (χ1n) is 8.69. The fourth-order valence-corrected chi connectivity index (χ4v) is 4.04. The van der Waals surface area contributed by atoms with E-state index in [0.29, 0.717) is 29.9 Å². The minimum atomic E-state index is -3.65. The second kappa shape index (κ2) is 9.17. The number of nitrogens with zero attached hydrogens (tertiary/aromatic N) is 2. The number of hydrogen-bond donors (Lipinski definition) is 2. The minimum absolute atomic E-state index is 0.0646. The van der Waals surface area contributed by atoms with Gasteiger partial charge in [-0.2, -0.15) is 9.57 Å². The van der Waals surface area contributed by atoms with E-state index in [4.69, 9.17) is 5.26 Å². The van der Waals surface area contributed by atoms with Gasteiger partial charge in [0.2, 0.25) is 10.0 Å². The van der Waals surface area contributed by atoms with Gasteiger partial charge in [-0.15, -0.1) is 0 Å². The predicted molar refractivity (Wildman–Crippen MR) is 107 cm³/mol. The van der Waals surface area contributed by atoms with Gasteiger partial charge in [0.05, 0.1) is 22.2 Å². The third-order valence-electron chi connectivity index (χ3n) is 4.13. The highest BCUT2D eigenvalue weighted by atomic mass is 32.2. The molecule has 8 heteroatoms. The first-order chi connectivity index (χ1) is 13.3. The third kappa shape index (κ3) is 4.76. The highest BCUT2D eigenvalue weighted by molar-refractivity contribution is 7.89. The Morgan fingerprint density at radius 3 is 2.29 bits per heavy atom. The fraction of sp³-hybridized carbons (Fsp3) is 0.200. The number of benzene rings is 2. The quantitative estimate of drug-likeness (QED) is 0.665. The van der Waals surface area contributed by atoms with Crippen molar-refractivity contribution in [1.82, 2.24) is 15.2 Å². The monoisotopic (exact) mass is 398 g/mol. The summed E-state index contributed by atoms with van der Waals surface area (Å²) in [5, 5.41) is 8.82. The van der Waals surface area contributed by atoms with Crippen LogP contribution in [0.15, 0.2) is 60.0 Å². The number of nitrogens with one attached hydrogen (secondary N) is 2. The number of hydrazine groups is 1. The van der Waals surface area contributed by atoms with E-state index < -0.39 is 15.9 Å². The Labute approximate surface area is 165 Å². The Kier molecular flexibility index (Phi) is 6.93. The lowest BCUT2D eigenvalue weighted by molar-refractivity contribution is 0.0942. The molecule has 0 saturated carbocycles. The summed E-state index contributed by atoms with van der Waals surface area (Å²) in [5.74, 6) is -0.494. The van der Waals surface area contributed by atoms with E-state index in [2.05, 4.69) is 17.4 Å². The van der Waals surface area contributed by atoms with Gasteiger partial charge in [-0.25, -0.2) is 8.42 Å². The van der Waals surface area contributed by atoms with Crippen LogP contribution in [0.1, 0.15) is 35.3 Å². The van der Waals surface area contributed by atoms with Crippen LogP contribution in [0.2, 0.25) is 0 Å².